The monoisotopic (exact) mass is 579 g/mol. The molecule has 1 N–H and O–H groups in total. The van der Waals surface area contributed by atoms with Crippen LogP contribution >= 0.6 is 11.6 Å². The Kier molecular flexibility index (Phi) is 7.79. The van der Waals surface area contributed by atoms with E-state index in [9.17, 15) is 18.7 Å². The van der Waals surface area contributed by atoms with Gasteiger partial charge in [0.1, 0.15) is 11.6 Å². The topological polar surface area (TPSA) is 93.4 Å². The molecule has 11 heteroatoms. The fourth-order valence-corrected chi connectivity index (χ4v) is 5.39. The van der Waals surface area contributed by atoms with Crippen LogP contribution in [0.5, 0.6) is 0 Å². The molecule has 4 aromatic rings. The van der Waals surface area contributed by atoms with E-state index in [0.29, 0.717) is 48.9 Å². The molecule has 212 valence electrons. The van der Waals surface area contributed by atoms with Gasteiger partial charge in [0.25, 0.3) is 0 Å². The molecule has 2 aliphatic heterocycles. The van der Waals surface area contributed by atoms with Gasteiger partial charge in [0.2, 0.25) is 0 Å². The first kappa shape index (κ1) is 27.4. The quantitative estimate of drug-likeness (QED) is 0.287. The van der Waals surface area contributed by atoms with Gasteiger partial charge in [-0.1, -0.05) is 23.7 Å². The van der Waals surface area contributed by atoms with Crippen LogP contribution in [0.25, 0.3) is 16.6 Å². The van der Waals surface area contributed by atoms with Crippen LogP contribution in [0, 0.1) is 11.6 Å². The summed E-state index contributed by atoms with van der Waals surface area (Å²) in [6, 6.07) is 9.47. The average Bonchev–Trinajstić information content (AvgIpc) is 3.27. The van der Waals surface area contributed by atoms with Crippen LogP contribution in [0.2, 0.25) is 5.02 Å². The van der Waals surface area contributed by atoms with Gasteiger partial charge in [-0.25, -0.2) is 28.5 Å². The molecular formula is C30H28ClF2N5O3. The lowest BCUT2D eigenvalue weighted by atomic mass is 10.1. The normalized spacial score (nSPS) is 17.4. The number of benzene rings is 2. The van der Waals surface area contributed by atoms with Crippen molar-refractivity contribution in [2.75, 3.05) is 19.7 Å². The van der Waals surface area contributed by atoms with Gasteiger partial charge in [-0.3, -0.25) is 4.90 Å². The Morgan fingerprint density at radius 1 is 1.12 bits per heavy atom. The van der Waals surface area contributed by atoms with Gasteiger partial charge in [-0.2, -0.15) is 0 Å². The molecule has 8 nitrogen and oxygen atoms in total. The second-order valence-corrected chi connectivity index (χ2v) is 10.8. The van der Waals surface area contributed by atoms with E-state index in [1.807, 2.05) is 6.08 Å². The number of rotatable bonds is 9. The highest BCUT2D eigenvalue weighted by molar-refractivity contribution is 6.30. The third kappa shape index (κ3) is 6.00. The molecule has 2 aromatic carbocycles. The molecule has 0 unspecified atom stereocenters. The van der Waals surface area contributed by atoms with Crippen LogP contribution in [-0.2, 0) is 30.7 Å². The zero-order valence-electron chi connectivity index (χ0n) is 22.2. The van der Waals surface area contributed by atoms with Gasteiger partial charge >= 0.3 is 5.97 Å². The van der Waals surface area contributed by atoms with E-state index in [-0.39, 0.29) is 23.8 Å². The molecule has 0 amide bonds. The van der Waals surface area contributed by atoms with Gasteiger partial charge in [0.15, 0.2) is 11.6 Å². The molecule has 6 rings (SSSR count). The minimum absolute atomic E-state index is 0.0912. The van der Waals surface area contributed by atoms with Crippen molar-refractivity contribution in [1.29, 1.82) is 0 Å². The predicted molar refractivity (Wildman–Crippen MR) is 150 cm³/mol. The Balaban J connectivity index is 1.17. The van der Waals surface area contributed by atoms with Crippen molar-refractivity contribution in [1.82, 2.24) is 24.4 Å². The first-order chi connectivity index (χ1) is 19.8. The molecular weight excluding hydrogens is 552 g/mol. The number of carboxylic acids is 1. The average molecular weight is 580 g/mol. The maximum absolute atomic E-state index is 14.5. The summed E-state index contributed by atoms with van der Waals surface area (Å²) in [5, 5.41) is 9.79. The second-order valence-electron chi connectivity index (χ2n) is 10.4. The van der Waals surface area contributed by atoms with Gasteiger partial charge in [-0.05, 0) is 67.2 Å². The highest BCUT2D eigenvalue weighted by Crippen LogP contribution is 2.26. The second kappa shape index (κ2) is 11.6. The number of halogens is 3. The standard InChI is InChI=1S/C30H28ClF2N5O3/c31-21-4-1-18(23(32)14-21)2-5-25-24(33)15-34-29(36-25)19-7-10-37(11-8-19)17-28-35-26-6-3-20(30(39)40)13-27(26)38(28)16-22-9-12-41-22/h1,3-4,6-7,13-15,22H,2,5,8-12,16-17H2,(H,39,40)/t22-/m0/s1. The fraction of sp³-hybridized carbons (Fsp3) is 0.333. The number of hydrogen-bond donors (Lipinski definition) is 1. The number of hydrogen-bond acceptors (Lipinski definition) is 6. The third-order valence-corrected chi connectivity index (χ3v) is 7.90. The van der Waals surface area contributed by atoms with Crippen molar-refractivity contribution < 1.29 is 23.4 Å². The number of carboxylic acid groups (broad SMARTS) is 1. The highest BCUT2D eigenvalue weighted by Gasteiger charge is 2.24. The van der Waals surface area contributed by atoms with E-state index < -0.39 is 17.6 Å². The van der Waals surface area contributed by atoms with Crippen molar-refractivity contribution in [3.05, 3.63) is 93.8 Å². The van der Waals surface area contributed by atoms with E-state index in [4.69, 9.17) is 21.3 Å². The zero-order chi connectivity index (χ0) is 28.5. The Bertz CT molecular complexity index is 1650. The van der Waals surface area contributed by atoms with E-state index >= 15 is 0 Å². The minimum atomic E-state index is -0.974. The molecule has 1 atom stereocenters. The Morgan fingerprint density at radius 2 is 1.98 bits per heavy atom. The van der Waals surface area contributed by atoms with Crippen LogP contribution in [-0.4, -0.2) is 61.3 Å². The van der Waals surface area contributed by atoms with E-state index in [1.165, 1.54) is 12.3 Å². The number of imidazole rings is 1. The number of aryl methyl sites for hydroxylation is 2. The minimum Gasteiger partial charge on any atom is -0.478 e. The van der Waals surface area contributed by atoms with Gasteiger partial charge in [0, 0.05) is 24.7 Å². The molecule has 0 radical (unpaired) electrons. The first-order valence-corrected chi connectivity index (χ1v) is 13.9. The number of aromatic carboxylic acids is 1. The van der Waals surface area contributed by atoms with Crippen molar-refractivity contribution in [3.63, 3.8) is 0 Å². The molecule has 2 aromatic heterocycles. The molecule has 0 spiro atoms. The lowest BCUT2D eigenvalue weighted by Gasteiger charge is -2.29. The van der Waals surface area contributed by atoms with Crippen LogP contribution in [0.15, 0.2) is 48.7 Å². The maximum atomic E-state index is 14.5. The first-order valence-electron chi connectivity index (χ1n) is 13.5. The summed E-state index contributed by atoms with van der Waals surface area (Å²) in [7, 11) is 0. The van der Waals surface area contributed by atoms with E-state index in [1.54, 1.807) is 30.3 Å². The van der Waals surface area contributed by atoms with Crippen molar-refractivity contribution in [2.45, 2.75) is 44.9 Å². The predicted octanol–water partition coefficient (Wildman–Crippen LogP) is 5.32. The lowest BCUT2D eigenvalue weighted by molar-refractivity contribution is -0.0591. The maximum Gasteiger partial charge on any atom is 0.335 e. The number of aromatic nitrogens is 4. The zero-order valence-corrected chi connectivity index (χ0v) is 22.9. The molecule has 0 saturated carbocycles. The largest absolute Gasteiger partial charge is 0.478 e. The van der Waals surface area contributed by atoms with E-state index in [2.05, 4.69) is 19.4 Å². The molecule has 4 heterocycles. The third-order valence-electron chi connectivity index (χ3n) is 7.66. The van der Waals surface area contributed by atoms with Crippen molar-refractivity contribution in [2.24, 2.45) is 0 Å². The van der Waals surface area contributed by atoms with Crippen molar-refractivity contribution in [3.8, 4) is 0 Å². The molecule has 41 heavy (non-hydrogen) atoms. The summed E-state index contributed by atoms with van der Waals surface area (Å²) >= 11 is 5.83. The fourth-order valence-electron chi connectivity index (χ4n) is 5.23. The smallest absolute Gasteiger partial charge is 0.335 e. The number of ether oxygens (including phenoxy) is 1. The highest BCUT2D eigenvalue weighted by atomic mass is 35.5. The number of fused-ring (bicyclic) bond motifs is 1. The summed E-state index contributed by atoms with van der Waals surface area (Å²) < 4.78 is 36.4. The SMILES string of the molecule is O=C(O)c1ccc2nc(CN3CC=C(c4ncc(F)c(CCc5ccc(Cl)cc5F)n4)CC3)n(C[C@@H]3CCO3)c2c1. The lowest BCUT2D eigenvalue weighted by Crippen LogP contribution is -2.33. The molecule has 1 saturated heterocycles. The Labute approximate surface area is 240 Å². The van der Waals surface area contributed by atoms with Gasteiger partial charge in [0.05, 0.1) is 47.7 Å². The molecule has 2 aliphatic rings. The Hall–Kier alpha value is -3.73. The number of nitrogens with zero attached hydrogens (tertiary/aromatic N) is 5. The summed E-state index contributed by atoms with van der Waals surface area (Å²) in [6.45, 7) is 3.29. The summed E-state index contributed by atoms with van der Waals surface area (Å²) in [5.41, 5.74) is 3.40. The van der Waals surface area contributed by atoms with Crippen LogP contribution < -0.4 is 0 Å². The van der Waals surface area contributed by atoms with Crippen LogP contribution in [0.4, 0.5) is 8.78 Å². The van der Waals surface area contributed by atoms with Gasteiger partial charge < -0.3 is 14.4 Å². The summed E-state index contributed by atoms with van der Waals surface area (Å²) in [5.74, 6) is -0.573. The number of carbonyl (C=O) groups is 1. The molecule has 0 aliphatic carbocycles. The van der Waals surface area contributed by atoms with Gasteiger partial charge in [-0.15, -0.1) is 0 Å². The van der Waals surface area contributed by atoms with E-state index in [0.717, 1.165) is 42.0 Å². The van der Waals surface area contributed by atoms with Crippen LogP contribution in [0.3, 0.4) is 0 Å². The summed E-state index contributed by atoms with van der Waals surface area (Å²) in [4.78, 5) is 27.3. The summed E-state index contributed by atoms with van der Waals surface area (Å²) in [6.07, 6.45) is 5.49. The Morgan fingerprint density at radius 3 is 2.68 bits per heavy atom. The molecule has 1 fully saturated rings. The van der Waals surface area contributed by atoms with Crippen LogP contribution in [0.1, 0.15) is 46.1 Å². The van der Waals surface area contributed by atoms with Crippen molar-refractivity contribution >= 4 is 34.2 Å². The molecule has 0 bridgehead atoms.